The average molecular weight is 392 g/mol. The number of carbonyl (C=O) groups excluding carboxylic acids is 2. The highest BCUT2D eigenvalue weighted by Gasteiger charge is 2.70. The number of rotatable bonds is 0. The van der Waals surface area contributed by atoms with E-state index in [-0.39, 0.29) is 11.6 Å². The van der Waals surface area contributed by atoms with Crippen LogP contribution in [0.25, 0.3) is 0 Å². The van der Waals surface area contributed by atoms with Crippen molar-refractivity contribution in [2.45, 2.75) is 8.65 Å². The number of hydrogen-bond donors (Lipinski definition) is 0. The molecule has 0 saturated carbocycles. The fourth-order valence-corrected chi connectivity index (χ4v) is 5.17. The summed E-state index contributed by atoms with van der Waals surface area (Å²) in [6.07, 6.45) is 0. The second-order valence-electron chi connectivity index (χ2n) is 5.07. The third-order valence-corrected chi connectivity index (χ3v) is 7.48. The lowest BCUT2D eigenvalue weighted by Crippen LogP contribution is -2.39. The molecule has 0 heterocycles. The number of fused-ring (bicyclic) bond motifs is 5. The van der Waals surface area contributed by atoms with Gasteiger partial charge in [0.2, 0.25) is 0 Å². The molecule has 2 aromatic carbocycles. The molecule has 98 valence electrons. The van der Waals surface area contributed by atoms with E-state index in [2.05, 4.69) is 31.9 Å². The summed E-state index contributed by atoms with van der Waals surface area (Å²) in [7, 11) is 0. The predicted molar refractivity (Wildman–Crippen MR) is 82.8 cm³/mol. The highest BCUT2D eigenvalue weighted by Crippen LogP contribution is 2.65. The number of benzene rings is 2. The van der Waals surface area contributed by atoms with Crippen molar-refractivity contribution in [3.63, 3.8) is 0 Å². The Bertz CT molecular complexity index is 731. The van der Waals surface area contributed by atoms with Crippen LogP contribution in [0.3, 0.4) is 0 Å². The van der Waals surface area contributed by atoms with Gasteiger partial charge in [-0.05, 0) is 11.1 Å². The standard InChI is InChI=1S/C16H8Br2O2/c17-15-11-7-3-1-5-9(11)13(19)16(15,18)12-8-4-2-6-10(12)14(15)20/h1-8H/t15-,16-/m1/s1. The summed E-state index contributed by atoms with van der Waals surface area (Å²) in [5.41, 5.74) is 2.68. The van der Waals surface area contributed by atoms with Crippen LogP contribution < -0.4 is 0 Å². The van der Waals surface area contributed by atoms with Gasteiger partial charge in [-0.15, -0.1) is 0 Å². The molecule has 0 unspecified atom stereocenters. The first kappa shape index (κ1) is 12.5. The van der Waals surface area contributed by atoms with Gasteiger partial charge < -0.3 is 0 Å². The van der Waals surface area contributed by atoms with Crippen molar-refractivity contribution >= 4 is 43.4 Å². The first-order valence-corrected chi connectivity index (χ1v) is 7.78. The minimum Gasteiger partial charge on any atom is -0.292 e. The van der Waals surface area contributed by atoms with Crippen molar-refractivity contribution < 1.29 is 9.59 Å². The van der Waals surface area contributed by atoms with E-state index in [0.717, 1.165) is 11.1 Å². The fraction of sp³-hybridized carbons (Fsp3) is 0.125. The molecule has 0 bridgehead atoms. The van der Waals surface area contributed by atoms with Crippen LogP contribution in [0.1, 0.15) is 31.8 Å². The number of hydrogen-bond acceptors (Lipinski definition) is 2. The summed E-state index contributed by atoms with van der Waals surface area (Å²) in [4.78, 5) is 25.8. The molecule has 2 aliphatic carbocycles. The van der Waals surface area contributed by atoms with Gasteiger partial charge in [0.05, 0.1) is 0 Å². The minimum atomic E-state index is -1.04. The zero-order valence-electron chi connectivity index (χ0n) is 10.2. The molecule has 0 amide bonds. The summed E-state index contributed by atoms with van der Waals surface area (Å²) in [6.45, 7) is 0. The first-order chi connectivity index (χ1) is 9.53. The Morgan fingerprint density at radius 3 is 1.40 bits per heavy atom. The smallest absolute Gasteiger partial charge is 0.186 e. The molecule has 4 rings (SSSR count). The van der Waals surface area contributed by atoms with Gasteiger partial charge in [0.15, 0.2) is 11.6 Å². The molecule has 0 aromatic heterocycles. The van der Waals surface area contributed by atoms with E-state index in [0.29, 0.717) is 11.1 Å². The lowest BCUT2D eigenvalue weighted by atomic mass is 9.92. The molecule has 0 N–H and O–H groups in total. The van der Waals surface area contributed by atoms with E-state index in [1.807, 2.05) is 36.4 Å². The van der Waals surface area contributed by atoms with Crippen molar-refractivity contribution in [1.82, 2.24) is 0 Å². The largest absolute Gasteiger partial charge is 0.292 e. The Balaban J connectivity index is 2.15. The molecular formula is C16H8Br2O2. The van der Waals surface area contributed by atoms with Crippen LogP contribution in [-0.4, -0.2) is 11.6 Å². The summed E-state index contributed by atoms with van der Waals surface area (Å²) >= 11 is 7.19. The van der Waals surface area contributed by atoms with Crippen molar-refractivity contribution in [3.05, 3.63) is 70.8 Å². The van der Waals surface area contributed by atoms with Crippen LogP contribution in [0.5, 0.6) is 0 Å². The molecule has 0 radical (unpaired) electrons. The lowest BCUT2D eigenvalue weighted by molar-refractivity contribution is 0.0887. The Morgan fingerprint density at radius 1 is 0.650 bits per heavy atom. The Hall–Kier alpha value is -1.26. The third-order valence-electron chi connectivity index (χ3n) is 4.19. The number of carbonyl (C=O) groups is 2. The number of ketones is 2. The van der Waals surface area contributed by atoms with E-state index >= 15 is 0 Å². The summed E-state index contributed by atoms with van der Waals surface area (Å²) < 4.78 is -2.09. The topological polar surface area (TPSA) is 34.1 Å². The maximum atomic E-state index is 12.9. The van der Waals surface area contributed by atoms with Gasteiger partial charge in [-0.2, -0.15) is 0 Å². The van der Waals surface area contributed by atoms with Crippen LogP contribution >= 0.6 is 31.9 Å². The van der Waals surface area contributed by atoms with Gasteiger partial charge in [0, 0.05) is 11.1 Å². The number of halogens is 2. The van der Waals surface area contributed by atoms with Gasteiger partial charge in [-0.3, -0.25) is 9.59 Å². The third kappa shape index (κ3) is 1.09. The minimum absolute atomic E-state index is 0.0664. The Kier molecular flexibility index (Phi) is 2.30. The van der Waals surface area contributed by atoms with Crippen LogP contribution in [0.15, 0.2) is 48.5 Å². The molecule has 4 heteroatoms. The normalized spacial score (nSPS) is 30.1. The molecule has 0 saturated heterocycles. The van der Waals surface area contributed by atoms with Crippen LogP contribution in [0.2, 0.25) is 0 Å². The van der Waals surface area contributed by atoms with E-state index in [4.69, 9.17) is 0 Å². The van der Waals surface area contributed by atoms with E-state index in [1.54, 1.807) is 12.1 Å². The molecule has 0 spiro atoms. The maximum absolute atomic E-state index is 12.9. The highest BCUT2D eigenvalue weighted by atomic mass is 79.9. The summed E-state index contributed by atoms with van der Waals surface area (Å²) in [6, 6.07) is 14.6. The van der Waals surface area contributed by atoms with Gasteiger partial charge in [0.25, 0.3) is 0 Å². The van der Waals surface area contributed by atoms with Crippen molar-refractivity contribution in [2.75, 3.05) is 0 Å². The van der Waals surface area contributed by atoms with Crippen molar-refractivity contribution in [3.8, 4) is 0 Å². The van der Waals surface area contributed by atoms with Gasteiger partial charge in [-0.25, -0.2) is 0 Å². The van der Waals surface area contributed by atoms with Gasteiger partial charge in [0.1, 0.15) is 8.65 Å². The SMILES string of the molecule is O=C1c2ccccc2[C@@]2(Br)C(=O)c3ccccc3[C@@]12Br. The molecular weight excluding hydrogens is 384 g/mol. The summed E-state index contributed by atoms with van der Waals surface area (Å²) in [5, 5.41) is 0. The Morgan fingerprint density at radius 2 is 1.00 bits per heavy atom. The maximum Gasteiger partial charge on any atom is 0.186 e. The monoisotopic (exact) mass is 390 g/mol. The molecule has 2 aliphatic rings. The van der Waals surface area contributed by atoms with Crippen molar-refractivity contribution in [2.24, 2.45) is 0 Å². The van der Waals surface area contributed by atoms with Crippen LogP contribution in [0.4, 0.5) is 0 Å². The molecule has 2 aromatic rings. The Labute approximate surface area is 132 Å². The molecule has 0 fully saturated rings. The molecule has 2 atom stereocenters. The highest BCUT2D eigenvalue weighted by molar-refractivity contribution is 9.13. The van der Waals surface area contributed by atoms with Crippen LogP contribution in [0, 0.1) is 0 Å². The van der Waals surface area contributed by atoms with E-state index < -0.39 is 8.65 Å². The van der Waals surface area contributed by atoms with E-state index in [9.17, 15) is 9.59 Å². The fourth-order valence-electron chi connectivity index (χ4n) is 3.26. The second-order valence-corrected chi connectivity index (χ2v) is 7.45. The van der Waals surface area contributed by atoms with E-state index in [1.165, 1.54) is 0 Å². The summed E-state index contributed by atoms with van der Waals surface area (Å²) in [5.74, 6) is -0.133. The van der Waals surface area contributed by atoms with Gasteiger partial charge >= 0.3 is 0 Å². The first-order valence-electron chi connectivity index (χ1n) is 6.19. The average Bonchev–Trinajstić information content (AvgIpc) is 2.78. The molecule has 2 nitrogen and oxygen atoms in total. The number of Topliss-reactive ketones (excluding diaryl/α,β-unsaturated/α-hetero) is 2. The van der Waals surface area contributed by atoms with Gasteiger partial charge in [-0.1, -0.05) is 80.4 Å². The molecule has 20 heavy (non-hydrogen) atoms. The number of alkyl halides is 2. The second kappa shape index (κ2) is 3.68. The molecule has 0 aliphatic heterocycles. The zero-order valence-corrected chi connectivity index (χ0v) is 13.4. The zero-order chi connectivity index (χ0) is 14.1. The quantitative estimate of drug-likeness (QED) is 0.637. The van der Waals surface area contributed by atoms with Crippen LogP contribution in [-0.2, 0) is 8.65 Å². The lowest BCUT2D eigenvalue weighted by Gasteiger charge is -2.28. The predicted octanol–water partition coefficient (Wildman–Crippen LogP) is 3.96. The van der Waals surface area contributed by atoms with Crippen molar-refractivity contribution in [1.29, 1.82) is 0 Å².